The highest BCUT2D eigenvalue weighted by Crippen LogP contribution is 2.34. The van der Waals surface area contributed by atoms with Crippen LogP contribution in [0.25, 0.3) is 33.3 Å². The van der Waals surface area contributed by atoms with Gasteiger partial charge in [-0.15, -0.1) is 0 Å². The topological polar surface area (TPSA) is 112 Å². The maximum absolute atomic E-state index is 12.7. The molecule has 0 spiro atoms. The molecule has 1 saturated carbocycles. The molecule has 5 heterocycles. The third-order valence-electron chi connectivity index (χ3n) is 7.33. The summed E-state index contributed by atoms with van der Waals surface area (Å²) in [5.41, 5.74) is 4.27. The molecule has 2 fully saturated rings. The minimum absolute atomic E-state index is 0.165. The quantitative estimate of drug-likeness (QED) is 0.401. The zero-order valence-corrected chi connectivity index (χ0v) is 19.9. The summed E-state index contributed by atoms with van der Waals surface area (Å²) in [4.78, 5) is 36.8. The fourth-order valence-corrected chi connectivity index (χ4v) is 5.45. The van der Waals surface area contributed by atoms with E-state index in [0.29, 0.717) is 11.9 Å². The molecule has 0 radical (unpaired) electrons. The Morgan fingerprint density at radius 2 is 1.86 bits per heavy atom. The number of carbonyl (C=O) groups excluding carboxylic acids is 1. The van der Waals surface area contributed by atoms with Gasteiger partial charge in [-0.3, -0.25) is 9.78 Å². The Kier molecular flexibility index (Phi) is 5.67. The van der Waals surface area contributed by atoms with Gasteiger partial charge < -0.3 is 20.5 Å². The number of nitrogens with one attached hydrogen (secondary N) is 3. The van der Waals surface area contributed by atoms with Crippen LogP contribution < -0.4 is 10.6 Å². The van der Waals surface area contributed by atoms with Crippen LogP contribution in [-0.4, -0.2) is 61.9 Å². The number of anilines is 2. The zero-order chi connectivity index (χ0) is 23.8. The molecule has 2 aliphatic rings. The Labute approximate surface area is 203 Å². The Balaban J connectivity index is 1.20. The summed E-state index contributed by atoms with van der Waals surface area (Å²) in [7, 11) is 1.87. The van der Waals surface area contributed by atoms with E-state index < -0.39 is 0 Å². The van der Waals surface area contributed by atoms with Crippen LogP contribution in [-0.2, 0) is 4.79 Å². The van der Waals surface area contributed by atoms with Crippen molar-refractivity contribution in [3.63, 3.8) is 0 Å². The molecule has 1 aliphatic heterocycles. The molecule has 1 saturated heterocycles. The van der Waals surface area contributed by atoms with Gasteiger partial charge in [-0.2, -0.15) is 9.97 Å². The van der Waals surface area contributed by atoms with Crippen molar-refractivity contribution in [2.24, 2.45) is 5.92 Å². The fraction of sp³-hybridized carbons (Fsp3) is 0.423. The molecular weight excluding hydrogens is 440 g/mol. The van der Waals surface area contributed by atoms with Crippen molar-refractivity contribution in [1.29, 1.82) is 0 Å². The lowest BCUT2D eigenvalue weighted by Gasteiger charge is -2.30. The van der Waals surface area contributed by atoms with E-state index in [2.05, 4.69) is 25.5 Å². The first-order valence-electron chi connectivity index (χ1n) is 12.5. The van der Waals surface area contributed by atoms with E-state index in [1.165, 1.54) is 0 Å². The van der Waals surface area contributed by atoms with Crippen molar-refractivity contribution >= 4 is 39.7 Å². The van der Waals surface area contributed by atoms with Crippen LogP contribution in [0.4, 0.5) is 11.8 Å². The number of aromatic amines is 1. The SMILES string of the molecule is CNc1nc(N[C@H]2CC[C@@H](C(=O)N3CCCC3)CC2)nc2[nH]cc(-c3ccc4ncccc4n3)c12. The van der Waals surface area contributed by atoms with Gasteiger partial charge in [0.25, 0.3) is 0 Å². The largest absolute Gasteiger partial charge is 0.372 e. The molecule has 1 aliphatic carbocycles. The first kappa shape index (κ1) is 21.8. The van der Waals surface area contributed by atoms with Crippen LogP contribution in [0.2, 0.25) is 0 Å². The van der Waals surface area contributed by atoms with Gasteiger partial charge in [-0.05, 0) is 62.8 Å². The Hall–Kier alpha value is -3.75. The number of hydrogen-bond acceptors (Lipinski definition) is 7. The number of carbonyl (C=O) groups is 1. The monoisotopic (exact) mass is 470 g/mol. The predicted molar refractivity (Wildman–Crippen MR) is 137 cm³/mol. The van der Waals surface area contributed by atoms with E-state index >= 15 is 0 Å². The van der Waals surface area contributed by atoms with Gasteiger partial charge in [0.2, 0.25) is 11.9 Å². The molecule has 0 bridgehead atoms. The molecule has 0 aromatic carbocycles. The average molecular weight is 471 g/mol. The van der Waals surface area contributed by atoms with Gasteiger partial charge in [0.1, 0.15) is 11.5 Å². The van der Waals surface area contributed by atoms with Crippen molar-refractivity contribution < 1.29 is 4.79 Å². The van der Waals surface area contributed by atoms with Crippen molar-refractivity contribution in [3.8, 4) is 11.3 Å². The lowest BCUT2D eigenvalue weighted by atomic mass is 9.85. The molecule has 6 rings (SSSR count). The van der Waals surface area contributed by atoms with Gasteiger partial charge in [-0.1, -0.05) is 0 Å². The predicted octanol–water partition coefficient (Wildman–Crippen LogP) is 4.20. The third kappa shape index (κ3) is 4.15. The highest BCUT2D eigenvalue weighted by molar-refractivity contribution is 6.01. The summed E-state index contributed by atoms with van der Waals surface area (Å²) in [6.07, 6.45) is 9.73. The normalized spacial score (nSPS) is 20.4. The Morgan fingerprint density at radius 1 is 1.03 bits per heavy atom. The summed E-state index contributed by atoms with van der Waals surface area (Å²) < 4.78 is 0. The number of likely N-dealkylation sites (tertiary alicyclic amines) is 1. The molecule has 35 heavy (non-hydrogen) atoms. The molecule has 180 valence electrons. The van der Waals surface area contributed by atoms with E-state index in [1.54, 1.807) is 6.20 Å². The minimum Gasteiger partial charge on any atom is -0.372 e. The van der Waals surface area contributed by atoms with Crippen molar-refractivity contribution in [2.75, 3.05) is 30.8 Å². The standard InChI is InChI=1S/C26H30N8O/c1-27-23-22-18(19-10-11-20-21(31-19)5-4-12-28-20)15-29-24(22)33-26(32-23)30-17-8-6-16(7-9-17)25(35)34-13-2-3-14-34/h4-5,10-12,15-17H,2-3,6-9,13-14H2,1H3,(H3,27,29,30,32,33)/t16-,17+. The van der Waals surface area contributed by atoms with Crippen molar-refractivity contribution in [2.45, 2.75) is 44.6 Å². The average Bonchev–Trinajstić information content (AvgIpc) is 3.59. The van der Waals surface area contributed by atoms with Gasteiger partial charge in [0.15, 0.2) is 0 Å². The lowest BCUT2D eigenvalue weighted by molar-refractivity contribution is -0.135. The molecule has 9 heteroatoms. The van der Waals surface area contributed by atoms with Gasteiger partial charge >= 0.3 is 0 Å². The number of rotatable bonds is 5. The Morgan fingerprint density at radius 3 is 2.66 bits per heavy atom. The van der Waals surface area contributed by atoms with E-state index in [0.717, 1.165) is 90.8 Å². The summed E-state index contributed by atoms with van der Waals surface area (Å²) >= 11 is 0. The number of fused-ring (bicyclic) bond motifs is 2. The van der Waals surface area contributed by atoms with E-state index in [-0.39, 0.29) is 12.0 Å². The van der Waals surface area contributed by atoms with Crippen molar-refractivity contribution in [1.82, 2.24) is 29.8 Å². The Bertz CT molecular complexity index is 1370. The molecule has 4 aromatic heterocycles. The van der Waals surface area contributed by atoms with Crippen LogP contribution >= 0.6 is 0 Å². The van der Waals surface area contributed by atoms with Crippen LogP contribution in [0.1, 0.15) is 38.5 Å². The molecule has 9 nitrogen and oxygen atoms in total. The number of pyridine rings is 2. The second kappa shape index (κ2) is 9.13. The molecule has 3 N–H and O–H groups in total. The molecule has 0 atom stereocenters. The van der Waals surface area contributed by atoms with E-state index in [9.17, 15) is 4.79 Å². The lowest BCUT2D eigenvalue weighted by Crippen LogP contribution is -2.37. The number of nitrogens with zero attached hydrogens (tertiary/aromatic N) is 5. The van der Waals surface area contributed by atoms with E-state index in [4.69, 9.17) is 15.0 Å². The van der Waals surface area contributed by atoms with E-state index in [1.807, 2.05) is 37.5 Å². The van der Waals surface area contributed by atoms with Gasteiger partial charge in [0, 0.05) is 50.1 Å². The maximum atomic E-state index is 12.7. The summed E-state index contributed by atoms with van der Waals surface area (Å²) in [6, 6.07) is 8.09. The first-order chi connectivity index (χ1) is 17.2. The summed E-state index contributed by atoms with van der Waals surface area (Å²) in [5.74, 6) is 1.87. The summed E-state index contributed by atoms with van der Waals surface area (Å²) in [5, 5.41) is 7.66. The molecule has 4 aromatic rings. The highest BCUT2D eigenvalue weighted by Gasteiger charge is 2.31. The number of amides is 1. The first-order valence-corrected chi connectivity index (χ1v) is 12.5. The number of H-pyrrole nitrogens is 1. The zero-order valence-electron chi connectivity index (χ0n) is 19.9. The maximum Gasteiger partial charge on any atom is 0.226 e. The number of hydrogen-bond donors (Lipinski definition) is 3. The highest BCUT2D eigenvalue weighted by atomic mass is 16.2. The second-order valence-corrected chi connectivity index (χ2v) is 9.54. The smallest absolute Gasteiger partial charge is 0.226 e. The van der Waals surface area contributed by atoms with Crippen LogP contribution in [0.15, 0.2) is 36.7 Å². The van der Waals surface area contributed by atoms with Gasteiger partial charge in [0.05, 0.1) is 22.1 Å². The van der Waals surface area contributed by atoms with Crippen LogP contribution in [0.5, 0.6) is 0 Å². The fourth-order valence-electron chi connectivity index (χ4n) is 5.45. The van der Waals surface area contributed by atoms with Crippen molar-refractivity contribution in [3.05, 3.63) is 36.7 Å². The second-order valence-electron chi connectivity index (χ2n) is 9.54. The van der Waals surface area contributed by atoms with Crippen LogP contribution in [0, 0.1) is 5.92 Å². The van der Waals surface area contributed by atoms with Gasteiger partial charge in [-0.25, -0.2) is 4.98 Å². The molecule has 0 unspecified atom stereocenters. The molecular formula is C26H30N8O. The third-order valence-corrected chi connectivity index (χ3v) is 7.33. The summed E-state index contributed by atoms with van der Waals surface area (Å²) in [6.45, 7) is 1.86. The number of aromatic nitrogens is 5. The molecule has 1 amide bonds. The van der Waals surface area contributed by atoms with Crippen LogP contribution in [0.3, 0.4) is 0 Å². The minimum atomic E-state index is 0.165.